The molecule has 1 aliphatic carbocycles. The van der Waals surface area contributed by atoms with Gasteiger partial charge in [0.2, 0.25) is 0 Å². The second kappa shape index (κ2) is 6.93. The monoisotopic (exact) mass is 283 g/mol. The van der Waals surface area contributed by atoms with Crippen LogP contribution in [0.2, 0.25) is 0 Å². The van der Waals surface area contributed by atoms with Crippen LogP contribution < -0.4 is 5.56 Å². The number of aromatic nitrogens is 1. The van der Waals surface area contributed by atoms with E-state index in [0.29, 0.717) is 0 Å². The average molecular weight is 283 g/mol. The van der Waals surface area contributed by atoms with Gasteiger partial charge in [-0.15, -0.1) is 0 Å². The Bertz CT molecular complexity index is 656. The van der Waals surface area contributed by atoms with Gasteiger partial charge in [-0.3, -0.25) is 4.79 Å². The fourth-order valence-corrected chi connectivity index (χ4v) is 3.55. The van der Waals surface area contributed by atoms with Gasteiger partial charge < -0.3 is 4.98 Å². The van der Waals surface area contributed by atoms with Crippen LogP contribution in [0.4, 0.5) is 0 Å². The molecule has 2 aromatic rings. The zero-order valence-electron chi connectivity index (χ0n) is 12.8. The Labute approximate surface area is 126 Å². The highest BCUT2D eigenvalue weighted by atomic mass is 16.1. The Morgan fingerprint density at radius 2 is 1.29 bits per heavy atom. The van der Waals surface area contributed by atoms with Crippen molar-refractivity contribution >= 4 is 10.8 Å². The van der Waals surface area contributed by atoms with Gasteiger partial charge >= 0.3 is 0 Å². The van der Waals surface area contributed by atoms with Crippen molar-refractivity contribution < 1.29 is 0 Å². The van der Waals surface area contributed by atoms with Gasteiger partial charge in [0.25, 0.3) is 5.56 Å². The van der Waals surface area contributed by atoms with Crippen LogP contribution >= 0.6 is 0 Å². The number of fused-ring (bicyclic) bond motifs is 3. The van der Waals surface area contributed by atoms with Gasteiger partial charge in [-0.2, -0.15) is 0 Å². The molecule has 2 nitrogen and oxygen atoms in total. The van der Waals surface area contributed by atoms with Crippen LogP contribution in [0.3, 0.4) is 0 Å². The molecule has 1 aromatic carbocycles. The van der Waals surface area contributed by atoms with Gasteiger partial charge in [0.1, 0.15) is 0 Å². The van der Waals surface area contributed by atoms with Crippen LogP contribution in [0.25, 0.3) is 10.8 Å². The summed E-state index contributed by atoms with van der Waals surface area (Å²) in [7, 11) is 0. The maximum atomic E-state index is 12.3. The second-order valence-corrected chi connectivity index (χ2v) is 6.29. The van der Waals surface area contributed by atoms with Crippen molar-refractivity contribution in [2.75, 3.05) is 0 Å². The van der Waals surface area contributed by atoms with E-state index in [1.807, 2.05) is 12.1 Å². The number of benzene rings is 1. The molecule has 21 heavy (non-hydrogen) atoms. The quantitative estimate of drug-likeness (QED) is 0.743. The zero-order chi connectivity index (χ0) is 14.5. The average Bonchev–Trinajstić information content (AvgIpc) is 2.49. The van der Waals surface area contributed by atoms with E-state index in [-0.39, 0.29) is 5.56 Å². The van der Waals surface area contributed by atoms with Crippen molar-refractivity contribution in [3.05, 3.63) is 45.9 Å². The number of rotatable bonds is 0. The van der Waals surface area contributed by atoms with E-state index in [2.05, 4.69) is 17.1 Å². The molecule has 0 bridgehead atoms. The molecule has 0 saturated heterocycles. The van der Waals surface area contributed by atoms with E-state index >= 15 is 0 Å². The smallest absolute Gasteiger partial charge is 0.256 e. The molecule has 3 rings (SSSR count). The largest absolute Gasteiger partial charge is 0.325 e. The van der Waals surface area contributed by atoms with E-state index < -0.39 is 0 Å². The van der Waals surface area contributed by atoms with Gasteiger partial charge in [-0.1, -0.05) is 56.7 Å². The molecule has 0 spiro atoms. The Kier molecular flexibility index (Phi) is 4.74. The standard InChI is InChI=1S/C19H25NO/c21-19-17-13-10-9-11-15(17)16-12-7-5-3-1-2-4-6-8-14-18(16)20-19/h9-11,13H,1-8,12,14H2,(H,20,21). The normalized spacial score (nSPS) is 17.7. The molecule has 1 aliphatic rings. The van der Waals surface area contributed by atoms with Crippen molar-refractivity contribution in [3.63, 3.8) is 0 Å². The third kappa shape index (κ3) is 3.37. The van der Waals surface area contributed by atoms with Crippen molar-refractivity contribution in [1.82, 2.24) is 4.98 Å². The number of pyridine rings is 1. The maximum Gasteiger partial charge on any atom is 0.256 e. The molecule has 112 valence electrons. The van der Waals surface area contributed by atoms with Crippen LogP contribution in [0.1, 0.15) is 62.6 Å². The van der Waals surface area contributed by atoms with Crippen molar-refractivity contribution in [2.45, 2.75) is 64.2 Å². The van der Waals surface area contributed by atoms with E-state index in [9.17, 15) is 4.79 Å². The summed E-state index contributed by atoms with van der Waals surface area (Å²) in [6.07, 6.45) is 12.6. The first-order chi connectivity index (χ1) is 10.4. The number of aryl methyl sites for hydroxylation is 2. The molecule has 0 aliphatic heterocycles. The highest BCUT2D eigenvalue weighted by Gasteiger charge is 2.11. The molecule has 0 radical (unpaired) electrons. The minimum absolute atomic E-state index is 0.0800. The third-order valence-electron chi connectivity index (χ3n) is 4.73. The molecule has 1 heterocycles. The molecule has 2 heteroatoms. The summed E-state index contributed by atoms with van der Waals surface area (Å²) in [4.78, 5) is 15.4. The number of H-pyrrole nitrogens is 1. The number of hydrogen-bond acceptors (Lipinski definition) is 1. The molecular weight excluding hydrogens is 258 g/mol. The van der Waals surface area contributed by atoms with E-state index in [0.717, 1.165) is 18.2 Å². The molecular formula is C19H25NO. The summed E-state index contributed by atoms with van der Waals surface area (Å²) < 4.78 is 0. The lowest BCUT2D eigenvalue weighted by Crippen LogP contribution is -2.13. The first-order valence-electron chi connectivity index (χ1n) is 8.49. The highest BCUT2D eigenvalue weighted by Crippen LogP contribution is 2.23. The fourth-order valence-electron chi connectivity index (χ4n) is 3.55. The molecule has 0 unspecified atom stereocenters. The molecule has 0 saturated carbocycles. The molecule has 0 fully saturated rings. The summed E-state index contributed by atoms with van der Waals surface area (Å²) >= 11 is 0. The van der Waals surface area contributed by atoms with Crippen LogP contribution in [0.15, 0.2) is 29.1 Å². The minimum atomic E-state index is 0.0800. The summed E-state index contributed by atoms with van der Waals surface area (Å²) in [5.41, 5.74) is 2.67. The van der Waals surface area contributed by atoms with Crippen LogP contribution in [0, 0.1) is 0 Å². The van der Waals surface area contributed by atoms with Crippen LogP contribution in [-0.2, 0) is 12.8 Å². The number of nitrogens with one attached hydrogen (secondary N) is 1. The lowest BCUT2D eigenvalue weighted by Gasteiger charge is -2.14. The van der Waals surface area contributed by atoms with Crippen molar-refractivity contribution in [2.24, 2.45) is 0 Å². The van der Waals surface area contributed by atoms with Gasteiger partial charge in [0, 0.05) is 11.1 Å². The highest BCUT2D eigenvalue weighted by molar-refractivity contribution is 5.85. The van der Waals surface area contributed by atoms with E-state index in [1.54, 1.807) is 0 Å². The predicted molar refractivity (Wildman–Crippen MR) is 88.9 cm³/mol. The first kappa shape index (κ1) is 14.4. The minimum Gasteiger partial charge on any atom is -0.325 e. The van der Waals surface area contributed by atoms with Gasteiger partial charge in [-0.25, -0.2) is 0 Å². The number of hydrogen-bond donors (Lipinski definition) is 1. The lowest BCUT2D eigenvalue weighted by molar-refractivity contribution is 0.557. The molecule has 1 aromatic heterocycles. The SMILES string of the molecule is O=c1[nH]c2c(c3ccccc13)CCCCCCCCCC2. The Morgan fingerprint density at radius 1 is 0.714 bits per heavy atom. The van der Waals surface area contributed by atoms with Crippen LogP contribution in [-0.4, -0.2) is 4.98 Å². The zero-order valence-corrected chi connectivity index (χ0v) is 12.8. The summed E-state index contributed by atoms with van der Waals surface area (Å²) in [6, 6.07) is 8.08. The summed E-state index contributed by atoms with van der Waals surface area (Å²) in [5.74, 6) is 0. The third-order valence-corrected chi connectivity index (χ3v) is 4.73. The van der Waals surface area contributed by atoms with Crippen molar-refractivity contribution in [1.29, 1.82) is 0 Å². The fraction of sp³-hybridized carbons (Fsp3) is 0.526. The maximum absolute atomic E-state index is 12.3. The molecule has 0 atom stereocenters. The molecule has 1 N–H and O–H groups in total. The Balaban J connectivity index is 2.00. The van der Waals surface area contributed by atoms with Crippen molar-refractivity contribution in [3.8, 4) is 0 Å². The van der Waals surface area contributed by atoms with E-state index in [1.165, 1.54) is 68.0 Å². The molecule has 0 amide bonds. The van der Waals surface area contributed by atoms with Gasteiger partial charge in [0.15, 0.2) is 0 Å². The van der Waals surface area contributed by atoms with Crippen LogP contribution in [0.5, 0.6) is 0 Å². The summed E-state index contributed by atoms with van der Waals surface area (Å²) in [5, 5.41) is 2.02. The van der Waals surface area contributed by atoms with E-state index in [4.69, 9.17) is 0 Å². The Hall–Kier alpha value is -1.57. The van der Waals surface area contributed by atoms with Gasteiger partial charge in [-0.05, 0) is 42.7 Å². The lowest BCUT2D eigenvalue weighted by atomic mass is 9.94. The first-order valence-corrected chi connectivity index (χ1v) is 8.49. The van der Waals surface area contributed by atoms with Gasteiger partial charge in [0.05, 0.1) is 0 Å². The topological polar surface area (TPSA) is 32.9 Å². The summed E-state index contributed by atoms with van der Waals surface area (Å²) in [6.45, 7) is 0. The Morgan fingerprint density at radius 3 is 2.00 bits per heavy atom. The second-order valence-electron chi connectivity index (χ2n) is 6.29. The number of aromatic amines is 1. The predicted octanol–water partition coefficient (Wildman–Crippen LogP) is 4.75.